The van der Waals surface area contributed by atoms with E-state index in [1.165, 1.54) is 0 Å². The van der Waals surface area contributed by atoms with Gasteiger partial charge in [-0.15, -0.1) is 0 Å². The van der Waals surface area contributed by atoms with Crippen LogP contribution >= 0.6 is 0 Å². The number of likely N-dealkylation sites (tertiary alicyclic amines) is 1. The van der Waals surface area contributed by atoms with Crippen LogP contribution in [-0.4, -0.2) is 66.6 Å². The number of aliphatic hydroxyl groups is 1. The van der Waals surface area contributed by atoms with Crippen molar-refractivity contribution in [2.75, 3.05) is 43.9 Å². The number of nitrogens with two attached hydrogens (primary N) is 1. The number of para-hydroxylation sites is 2. The maximum Gasteiger partial charge on any atom is 0.224 e. The Balaban J connectivity index is 0.949. The van der Waals surface area contributed by atoms with Gasteiger partial charge in [0, 0.05) is 63.8 Å². The summed E-state index contributed by atoms with van der Waals surface area (Å²) in [6, 6.07) is 31.6. The minimum atomic E-state index is -0.566. The fourth-order valence-corrected chi connectivity index (χ4v) is 7.59. The van der Waals surface area contributed by atoms with Crippen molar-refractivity contribution in [2.45, 2.75) is 82.4 Å². The zero-order valence-electron chi connectivity index (χ0n) is 31.3. The molecule has 55 heavy (non-hydrogen) atoms. The standard InChI is InChI=1S/C44H52N4O7/c45-38-11-1-2-12-39(38)47-42(51)14-4-3-13-41(50)46-28-32-7-5-8-34(25-32)35-9-6-10-36(26-35)43-54-37(27-40(55-43)33-17-15-31(30-49)16-18-33)29-48-21-19-44(20-22-48)52-23-24-53-44/h1-2,5-12,15-18,25-26,37,40,43,49H,3-4,13-14,19-24,27-30,45H2,(H,46,50)(H,47,51)/t37-,40+,43+/m0/s1. The molecule has 290 valence electrons. The quantitative estimate of drug-likeness (QED) is 0.0826. The molecule has 0 radical (unpaired) electrons. The van der Waals surface area contributed by atoms with Crippen LogP contribution in [0.15, 0.2) is 97.1 Å². The van der Waals surface area contributed by atoms with Crippen LogP contribution in [0.1, 0.15) is 79.6 Å². The predicted octanol–water partition coefficient (Wildman–Crippen LogP) is 6.63. The zero-order chi connectivity index (χ0) is 38.0. The van der Waals surface area contributed by atoms with Crippen LogP contribution < -0.4 is 16.4 Å². The number of aliphatic hydroxyl groups excluding tert-OH is 1. The lowest BCUT2D eigenvalue weighted by Crippen LogP contribution is -2.48. The second kappa shape index (κ2) is 18.3. The molecule has 3 atom stereocenters. The van der Waals surface area contributed by atoms with Crippen LogP contribution in [0.5, 0.6) is 0 Å². The van der Waals surface area contributed by atoms with E-state index in [-0.39, 0.29) is 30.6 Å². The van der Waals surface area contributed by atoms with E-state index in [0.29, 0.717) is 56.8 Å². The average molecular weight is 749 g/mol. The molecule has 3 heterocycles. The molecule has 0 aliphatic carbocycles. The maximum atomic E-state index is 12.7. The number of carbonyl (C=O) groups is 2. The van der Waals surface area contributed by atoms with E-state index in [4.69, 9.17) is 24.7 Å². The lowest BCUT2D eigenvalue weighted by atomic mass is 9.97. The summed E-state index contributed by atoms with van der Waals surface area (Å²) in [6.07, 6.45) is 3.51. The number of amides is 2. The summed E-state index contributed by atoms with van der Waals surface area (Å²) in [5.74, 6) is -0.586. The number of hydrogen-bond donors (Lipinski definition) is 4. The SMILES string of the molecule is Nc1ccccc1NC(=O)CCCCC(=O)NCc1cccc(-c2cccc([C@@H]3O[C@H](CN4CCC5(CC4)OCCO5)C[C@H](c4ccc(CO)cc4)O3)c2)c1. The van der Waals surface area contributed by atoms with Gasteiger partial charge in [-0.25, -0.2) is 0 Å². The van der Waals surface area contributed by atoms with E-state index in [9.17, 15) is 14.7 Å². The molecule has 0 aromatic heterocycles. The molecule has 4 aromatic carbocycles. The van der Waals surface area contributed by atoms with E-state index < -0.39 is 12.1 Å². The molecule has 5 N–H and O–H groups in total. The third kappa shape index (κ3) is 10.4. The van der Waals surface area contributed by atoms with E-state index in [0.717, 1.165) is 72.3 Å². The molecule has 1 spiro atoms. The highest BCUT2D eigenvalue weighted by Gasteiger charge is 2.41. The number of benzene rings is 4. The number of carbonyl (C=O) groups excluding carboxylic acids is 2. The molecule has 3 aliphatic rings. The first-order valence-corrected chi connectivity index (χ1v) is 19.5. The van der Waals surface area contributed by atoms with Crippen LogP contribution in [0, 0.1) is 0 Å². The Morgan fingerprint density at radius 1 is 0.782 bits per heavy atom. The average Bonchev–Trinajstić information content (AvgIpc) is 3.68. The van der Waals surface area contributed by atoms with Crippen molar-refractivity contribution in [3.63, 3.8) is 0 Å². The van der Waals surface area contributed by atoms with Gasteiger partial charge in [0.2, 0.25) is 11.8 Å². The van der Waals surface area contributed by atoms with Gasteiger partial charge in [0.25, 0.3) is 0 Å². The number of nitrogens with zero attached hydrogens (tertiary/aromatic N) is 1. The van der Waals surface area contributed by atoms with Gasteiger partial charge >= 0.3 is 0 Å². The second-order valence-electron chi connectivity index (χ2n) is 14.7. The smallest absolute Gasteiger partial charge is 0.224 e. The summed E-state index contributed by atoms with van der Waals surface area (Å²) in [7, 11) is 0. The van der Waals surface area contributed by atoms with Crippen molar-refractivity contribution >= 4 is 23.2 Å². The predicted molar refractivity (Wildman–Crippen MR) is 210 cm³/mol. The number of piperidine rings is 1. The first-order valence-electron chi connectivity index (χ1n) is 19.5. The lowest BCUT2D eigenvalue weighted by molar-refractivity contribution is -0.255. The molecule has 0 bridgehead atoms. The van der Waals surface area contributed by atoms with Crippen LogP contribution in [-0.2, 0) is 41.7 Å². The fourth-order valence-electron chi connectivity index (χ4n) is 7.59. The minimum Gasteiger partial charge on any atom is -0.397 e. The largest absolute Gasteiger partial charge is 0.397 e. The monoisotopic (exact) mass is 748 g/mol. The highest BCUT2D eigenvalue weighted by Crippen LogP contribution is 2.40. The van der Waals surface area contributed by atoms with E-state index in [1.54, 1.807) is 12.1 Å². The number of ether oxygens (including phenoxy) is 4. The van der Waals surface area contributed by atoms with Crippen molar-refractivity contribution in [1.82, 2.24) is 10.2 Å². The lowest BCUT2D eigenvalue weighted by Gasteiger charge is -2.41. The molecule has 0 saturated carbocycles. The molecule has 11 heteroatoms. The summed E-state index contributed by atoms with van der Waals surface area (Å²) in [5, 5.41) is 15.5. The number of anilines is 2. The van der Waals surface area contributed by atoms with Crippen molar-refractivity contribution in [3.05, 3.63) is 119 Å². The molecule has 7 rings (SSSR count). The number of rotatable bonds is 14. The molecule has 3 fully saturated rings. The highest BCUT2D eigenvalue weighted by atomic mass is 16.7. The van der Waals surface area contributed by atoms with Gasteiger partial charge in [0.1, 0.15) is 0 Å². The van der Waals surface area contributed by atoms with E-state index in [1.807, 2.05) is 60.7 Å². The van der Waals surface area contributed by atoms with Crippen LogP contribution in [0.4, 0.5) is 11.4 Å². The number of nitrogens with one attached hydrogen (secondary N) is 2. The summed E-state index contributed by atoms with van der Waals surface area (Å²) in [5.41, 5.74) is 12.9. The molecular formula is C44H52N4O7. The third-order valence-electron chi connectivity index (χ3n) is 10.7. The van der Waals surface area contributed by atoms with Crippen molar-refractivity contribution in [3.8, 4) is 11.1 Å². The Morgan fingerprint density at radius 3 is 2.24 bits per heavy atom. The third-order valence-corrected chi connectivity index (χ3v) is 10.7. The zero-order valence-corrected chi connectivity index (χ0v) is 31.3. The number of nitrogen functional groups attached to an aromatic ring is 1. The maximum absolute atomic E-state index is 12.7. The summed E-state index contributed by atoms with van der Waals surface area (Å²) < 4.78 is 25.3. The Kier molecular flexibility index (Phi) is 12.9. The number of hydrogen-bond acceptors (Lipinski definition) is 9. The normalized spacial score (nSPS) is 21.0. The Hall–Kier alpha value is -4.62. The van der Waals surface area contributed by atoms with Crippen LogP contribution in [0.3, 0.4) is 0 Å². The fraction of sp³-hybridized carbons (Fsp3) is 0.409. The van der Waals surface area contributed by atoms with Crippen LogP contribution in [0.2, 0.25) is 0 Å². The molecule has 0 unspecified atom stereocenters. The molecule has 11 nitrogen and oxygen atoms in total. The van der Waals surface area contributed by atoms with Crippen molar-refractivity contribution in [2.24, 2.45) is 0 Å². The molecule has 4 aromatic rings. The summed E-state index contributed by atoms with van der Waals surface area (Å²) in [6.45, 7) is 4.29. The van der Waals surface area contributed by atoms with Gasteiger partial charge in [-0.2, -0.15) is 0 Å². The van der Waals surface area contributed by atoms with Crippen LogP contribution in [0.25, 0.3) is 11.1 Å². The molecule has 3 saturated heterocycles. The molecule has 2 amide bonds. The molecular weight excluding hydrogens is 697 g/mol. The van der Waals surface area contributed by atoms with Gasteiger partial charge in [-0.3, -0.25) is 9.59 Å². The van der Waals surface area contributed by atoms with E-state index >= 15 is 0 Å². The first-order chi connectivity index (χ1) is 26.8. The summed E-state index contributed by atoms with van der Waals surface area (Å²) in [4.78, 5) is 27.4. The van der Waals surface area contributed by atoms with Gasteiger partial charge in [0.15, 0.2) is 12.1 Å². The molecule has 3 aliphatic heterocycles. The first kappa shape index (κ1) is 38.6. The van der Waals surface area contributed by atoms with Crippen molar-refractivity contribution < 1.29 is 33.6 Å². The van der Waals surface area contributed by atoms with Gasteiger partial charge in [-0.1, -0.05) is 72.8 Å². The van der Waals surface area contributed by atoms with Gasteiger partial charge in [-0.05, 0) is 64.9 Å². The number of unbranched alkanes of at least 4 members (excludes halogenated alkanes) is 1. The van der Waals surface area contributed by atoms with Crippen molar-refractivity contribution in [1.29, 1.82) is 0 Å². The minimum absolute atomic E-state index is 0.00159. The van der Waals surface area contributed by atoms with Gasteiger partial charge < -0.3 is 45.3 Å². The highest BCUT2D eigenvalue weighted by molar-refractivity contribution is 5.93. The second-order valence-corrected chi connectivity index (χ2v) is 14.7. The summed E-state index contributed by atoms with van der Waals surface area (Å²) >= 11 is 0. The van der Waals surface area contributed by atoms with Gasteiger partial charge in [0.05, 0.1) is 43.4 Å². The Morgan fingerprint density at radius 2 is 1.49 bits per heavy atom. The van der Waals surface area contributed by atoms with E-state index in [2.05, 4.69) is 39.8 Å². The topological polar surface area (TPSA) is 145 Å². The Labute approximate surface area is 323 Å². The Bertz CT molecular complexity index is 1890.